The van der Waals surface area contributed by atoms with Crippen molar-refractivity contribution in [2.24, 2.45) is 7.05 Å². The average Bonchev–Trinajstić information content (AvgIpc) is 3.18. The highest BCUT2D eigenvalue weighted by molar-refractivity contribution is 7.89. The number of rotatable bonds is 3. The Bertz CT molecular complexity index is 1080. The number of aryl methyl sites for hydroxylation is 3. The Morgan fingerprint density at radius 2 is 2.04 bits per heavy atom. The summed E-state index contributed by atoms with van der Waals surface area (Å²) in [6, 6.07) is 6.96. The molecule has 0 atom stereocenters. The van der Waals surface area contributed by atoms with E-state index >= 15 is 0 Å². The van der Waals surface area contributed by atoms with Gasteiger partial charge in [0.15, 0.2) is 11.5 Å². The van der Waals surface area contributed by atoms with Crippen LogP contribution >= 0.6 is 0 Å². The predicted molar refractivity (Wildman–Crippen MR) is 93.7 cm³/mol. The van der Waals surface area contributed by atoms with Gasteiger partial charge in [0, 0.05) is 37.8 Å². The molecule has 8 nitrogen and oxygen atoms in total. The van der Waals surface area contributed by atoms with Crippen LogP contribution in [-0.2, 0) is 30.0 Å². The summed E-state index contributed by atoms with van der Waals surface area (Å²) in [5.41, 5.74) is 3.27. The van der Waals surface area contributed by atoms with E-state index in [1.54, 1.807) is 29.8 Å². The summed E-state index contributed by atoms with van der Waals surface area (Å²) < 4.78 is 34.6. The molecule has 0 N–H and O–H groups in total. The number of hydrogen-bond donors (Lipinski definition) is 0. The summed E-state index contributed by atoms with van der Waals surface area (Å²) >= 11 is 0. The summed E-state index contributed by atoms with van der Waals surface area (Å²) in [7, 11) is -1.74. The molecule has 0 fully saturated rings. The lowest BCUT2D eigenvalue weighted by Gasteiger charge is -2.26. The van der Waals surface area contributed by atoms with Gasteiger partial charge in [-0.1, -0.05) is 17.3 Å². The van der Waals surface area contributed by atoms with Crippen molar-refractivity contribution in [2.45, 2.75) is 31.7 Å². The molecule has 0 saturated heterocycles. The largest absolute Gasteiger partial charge is 0.332 e. The lowest BCUT2D eigenvalue weighted by molar-refractivity contribution is 0.385. The number of hydrogen-bond acceptors (Lipinski definition) is 6. The highest BCUT2D eigenvalue weighted by Crippen LogP contribution is 2.31. The number of aromatic nitrogens is 4. The first kappa shape index (κ1) is 16.9. The Balaban J connectivity index is 1.74. The molecule has 4 rings (SSSR count). The maximum absolute atomic E-state index is 13.1. The van der Waals surface area contributed by atoms with Gasteiger partial charge in [-0.25, -0.2) is 8.42 Å². The Morgan fingerprint density at radius 3 is 2.73 bits per heavy atom. The van der Waals surface area contributed by atoms with Crippen LogP contribution in [0.1, 0.15) is 22.6 Å². The first-order chi connectivity index (χ1) is 12.4. The van der Waals surface area contributed by atoms with E-state index in [1.165, 1.54) is 4.31 Å². The first-order valence-corrected chi connectivity index (χ1v) is 9.72. The monoisotopic (exact) mass is 373 g/mol. The lowest BCUT2D eigenvalue weighted by atomic mass is 10.1. The van der Waals surface area contributed by atoms with Gasteiger partial charge in [-0.3, -0.25) is 4.68 Å². The molecule has 0 spiro atoms. The molecular weight excluding hydrogens is 354 g/mol. The SMILES string of the molecule is Cc1cccc(S(=O)(=O)N2CCc3c(c(-c4nc(C)no4)nn3C)C2)c1. The van der Waals surface area contributed by atoms with E-state index in [0.717, 1.165) is 16.8 Å². The van der Waals surface area contributed by atoms with Crippen LogP contribution in [0.25, 0.3) is 11.6 Å². The first-order valence-electron chi connectivity index (χ1n) is 8.28. The molecule has 3 heterocycles. The van der Waals surface area contributed by atoms with E-state index in [2.05, 4.69) is 15.2 Å². The predicted octanol–water partition coefficient (Wildman–Crippen LogP) is 1.83. The third-order valence-corrected chi connectivity index (χ3v) is 6.41. The Hall–Kier alpha value is -2.52. The van der Waals surface area contributed by atoms with Gasteiger partial charge in [-0.15, -0.1) is 0 Å². The molecule has 0 saturated carbocycles. The number of sulfonamides is 1. The third kappa shape index (κ3) is 2.73. The van der Waals surface area contributed by atoms with Crippen LogP contribution < -0.4 is 0 Å². The molecular formula is C17H19N5O3S. The molecule has 0 radical (unpaired) electrons. The van der Waals surface area contributed by atoms with E-state index < -0.39 is 10.0 Å². The molecule has 1 aliphatic heterocycles. The molecule has 0 aliphatic carbocycles. The highest BCUT2D eigenvalue weighted by Gasteiger charge is 2.33. The van der Waals surface area contributed by atoms with Gasteiger partial charge in [0.25, 0.3) is 5.89 Å². The van der Waals surface area contributed by atoms with E-state index in [0.29, 0.717) is 35.3 Å². The molecule has 0 amide bonds. The zero-order valence-corrected chi connectivity index (χ0v) is 15.6. The molecule has 9 heteroatoms. The van der Waals surface area contributed by atoms with Crippen molar-refractivity contribution in [1.29, 1.82) is 0 Å². The number of fused-ring (bicyclic) bond motifs is 1. The Morgan fingerprint density at radius 1 is 1.23 bits per heavy atom. The Labute approximate surface area is 151 Å². The van der Waals surface area contributed by atoms with Crippen LogP contribution in [0.15, 0.2) is 33.7 Å². The van der Waals surface area contributed by atoms with Crippen LogP contribution in [0, 0.1) is 13.8 Å². The van der Waals surface area contributed by atoms with Crippen molar-refractivity contribution in [3.8, 4) is 11.6 Å². The second kappa shape index (κ2) is 6.03. The number of benzene rings is 1. The van der Waals surface area contributed by atoms with Crippen molar-refractivity contribution in [3.63, 3.8) is 0 Å². The topological polar surface area (TPSA) is 94.1 Å². The standard InChI is InChI=1S/C17H19N5O3S/c1-11-5-4-6-13(9-11)26(23,24)22-8-7-15-14(10-22)16(19-21(15)3)17-18-12(2)20-25-17/h4-6,9H,7-8,10H2,1-3H3. The molecule has 0 unspecified atom stereocenters. The molecule has 1 aliphatic rings. The van der Waals surface area contributed by atoms with Crippen LogP contribution in [0.2, 0.25) is 0 Å². The summed E-state index contributed by atoms with van der Waals surface area (Å²) in [6.07, 6.45) is 0.580. The van der Waals surface area contributed by atoms with Gasteiger partial charge in [0.1, 0.15) is 0 Å². The van der Waals surface area contributed by atoms with Crippen molar-refractivity contribution in [3.05, 3.63) is 46.9 Å². The van der Waals surface area contributed by atoms with Crippen LogP contribution in [0.3, 0.4) is 0 Å². The van der Waals surface area contributed by atoms with Crippen molar-refractivity contribution in [1.82, 2.24) is 24.2 Å². The maximum atomic E-state index is 13.1. The summed E-state index contributed by atoms with van der Waals surface area (Å²) in [5, 5.41) is 8.29. The maximum Gasteiger partial charge on any atom is 0.278 e. The second-order valence-corrected chi connectivity index (χ2v) is 8.39. The van der Waals surface area contributed by atoms with E-state index in [1.807, 2.05) is 20.0 Å². The lowest BCUT2D eigenvalue weighted by Crippen LogP contribution is -2.36. The fraction of sp³-hybridized carbons (Fsp3) is 0.353. The average molecular weight is 373 g/mol. The van der Waals surface area contributed by atoms with Gasteiger partial charge >= 0.3 is 0 Å². The highest BCUT2D eigenvalue weighted by atomic mass is 32.2. The molecule has 0 bridgehead atoms. The van der Waals surface area contributed by atoms with Gasteiger partial charge in [-0.2, -0.15) is 14.4 Å². The second-order valence-electron chi connectivity index (χ2n) is 6.45. The van der Waals surface area contributed by atoms with E-state index in [-0.39, 0.29) is 6.54 Å². The van der Waals surface area contributed by atoms with Gasteiger partial charge in [0.2, 0.25) is 10.0 Å². The zero-order chi connectivity index (χ0) is 18.5. The normalized spacial score (nSPS) is 15.2. The fourth-order valence-corrected chi connectivity index (χ4v) is 4.78. The third-order valence-electron chi connectivity index (χ3n) is 4.56. The van der Waals surface area contributed by atoms with Crippen LogP contribution in [-0.4, -0.2) is 39.2 Å². The molecule has 3 aromatic rings. The molecule has 26 heavy (non-hydrogen) atoms. The van der Waals surface area contributed by atoms with Gasteiger partial charge < -0.3 is 4.52 Å². The zero-order valence-electron chi connectivity index (χ0n) is 14.8. The van der Waals surface area contributed by atoms with Crippen molar-refractivity contribution >= 4 is 10.0 Å². The van der Waals surface area contributed by atoms with Gasteiger partial charge in [-0.05, 0) is 31.5 Å². The summed E-state index contributed by atoms with van der Waals surface area (Å²) in [5.74, 6) is 0.827. The Kier molecular flexibility index (Phi) is 3.92. The smallest absolute Gasteiger partial charge is 0.278 e. The molecule has 1 aromatic carbocycles. The quantitative estimate of drug-likeness (QED) is 0.695. The van der Waals surface area contributed by atoms with E-state index in [4.69, 9.17) is 4.52 Å². The van der Waals surface area contributed by atoms with Gasteiger partial charge in [0.05, 0.1) is 4.90 Å². The molecule has 136 valence electrons. The summed E-state index contributed by atoms with van der Waals surface area (Å²) in [6.45, 7) is 4.25. The van der Waals surface area contributed by atoms with Crippen molar-refractivity contribution in [2.75, 3.05) is 6.54 Å². The summed E-state index contributed by atoms with van der Waals surface area (Å²) in [4.78, 5) is 4.54. The minimum absolute atomic E-state index is 0.232. The minimum atomic E-state index is -3.58. The van der Waals surface area contributed by atoms with Crippen LogP contribution in [0.4, 0.5) is 0 Å². The van der Waals surface area contributed by atoms with Crippen molar-refractivity contribution < 1.29 is 12.9 Å². The van der Waals surface area contributed by atoms with Crippen LogP contribution in [0.5, 0.6) is 0 Å². The molecule has 2 aromatic heterocycles. The number of nitrogens with zero attached hydrogens (tertiary/aromatic N) is 5. The van der Waals surface area contributed by atoms with E-state index in [9.17, 15) is 8.42 Å². The fourth-order valence-electron chi connectivity index (χ4n) is 3.26. The minimum Gasteiger partial charge on any atom is -0.332 e.